The first-order chi connectivity index (χ1) is 11.2. The highest BCUT2D eigenvalue weighted by Crippen LogP contribution is 2.23. The van der Waals surface area contributed by atoms with Crippen molar-refractivity contribution in [1.82, 2.24) is 19.4 Å². The van der Waals surface area contributed by atoms with Gasteiger partial charge in [-0.05, 0) is 26.9 Å². The van der Waals surface area contributed by atoms with Gasteiger partial charge in [0.05, 0.1) is 6.42 Å². The number of carbonyl (C=O) groups is 1. The number of aliphatic hydroxyl groups is 1. The molecular weight excluding hydrogens is 325 g/mol. The van der Waals surface area contributed by atoms with Gasteiger partial charge in [0, 0.05) is 31.5 Å². The van der Waals surface area contributed by atoms with Crippen molar-refractivity contribution in [3.63, 3.8) is 0 Å². The molecule has 24 heavy (non-hydrogen) atoms. The Morgan fingerprint density at radius 3 is 2.83 bits per heavy atom. The van der Waals surface area contributed by atoms with E-state index >= 15 is 0 Å². The maximum atomic E-state index is 12.5. The van der Waals surface area contributed by atoms with Gasteiger partial charge < -0.3 is 19.5 Å². The van der Waals surface area contributed by atoms with Crippen LogP contribution in [-0.4, -0.2) is 69.8 Å². The number of carbonyl (C=O) groups excluding carboxylic acids is 1. The highest BCUT2D eigenvalue weighted by atomic mass is 19.4. The number of likely N-dealkylation sites (N-methyl/N-ethyl adjacent to an activating group) is 1. The zero-order chi connectivity index (χ0) is 17.9. The van der Waals surface area contributed by atoms with E-state index in [1.165, 1.54) is 6.20 Å². The fraction of sp³-hybridized carbons (Fsp3) is 0.733. The summed E-state index contributed by atoms with van der Waals surface area (Å²) < 4.78 is 38.4. The van der Waals surface area contributed by atoms with E-state index in [1.807, 2.05) is 19.0 Å². The van der Waals surface area contributed by atoms with Crippen LogP contribution in [0.1, 0.15) is 31.2 Å². The molecule has 9 heteroatoms. The van der Waals surface area contributed by atoms with Crippen molar-refractivity contribution >= 4 is 5.91 Å². The van der Waals surface area contributed by atoms with Crippen molar-refractivity contribution in [2.45, 2.75) is 44.1 Å². The topological polar surface area (TPSA) is 61.6 Å². The van der Waals surface area contributed by atoms with E-state index in [4.69, 9.17) is 0 Å². The smallest absolute Gasteiger partial charge is 0.385 e. The highest BCUT2D eigenvalue weighted by Gasteiger charge is 2.31. The minimum atomic E-state index is -4.41. The molecule has 0 radical (unpaired) electrons. The molecule has 1 unspecified atom stereocenters. The number of imidazole rings is 1. The van der Waals surface area contributed by atoms with Gasteiger partial charge in [0.1, 0.15) is 18.5 Å². The zero-order valence-electron chi connectivity index (χ0n) is 13.8. The Bertz CT molecular complexity index is 559. The van der Waals surface area contributed by atoms with Gasteiger partial charge >= 0.3 is 6.18 Å². The summed E-state index contributed by atoms with van der Waals surface area (Å²) in [5.41, 5.74) is 0. The third-order valence-electron chi connectivity index (χ3n) is 4.24. The molecule has 1 aliphatic rings. The molecule has 2 rings (SSSR count). The number of aromatic nitrogens is 2. The molecule has 1 aromatic heterocycles. The normalized spacial score (nSPS) is 20.5. The lowest BCUT2D eigenvalue weighted by Gasteiger charge is -2.36. The molecular formula is C15H23F3N4O2. The van der Waals surface area contributed by atoms with Crippen molar-refractivity contribution < 1.29 is 23.1 Å². The van der Waals surface area contributed by atoms with Gasteiger partial charge in [-0.25, -0.2) is 4.98 Å². The average molecular weight is 348 g/mol. The molecule has 1 aliphatic heterocycles. The maximum absolute atomic E-state index is 12.5. The second-order valence-electron chi connectivity index (χ2n) is 6.35. The van der Waals surface area contributed by atoms with Crippen LogP contribution in [0.15, 0.2) is 12.4 Å². The molecule has 1 saturated heterocycles. The number of amides is 1. The van der Waals surface area contributed by atoms with Crippen molar-refractivity contribution in [2.75, 3.05) is 27.2 Å². The Morgan fingerprint density at radius 1 is 1.50 bits per heavy atom. The van der Waals surface area contributed by atoms with E-state index in [1.54, 1.807) is 4.90 Å². The summed E-state index contributed by atoms with van der Waals surface area (Å²) in [6.45, 7) is -0.0670. The Balaban J connectivity index is 1.98. The average Bonchev–Trinajstić information content (AvgIpc) is 2.93. The molecule has 0 aromatic carbocycles. The quantitative estimate of drug-likeness (QED) is 0.874. The molecule has 0 saturated carbocycles. The van der Waals surface area contributed by atoms with Crippen molar-refractivity contribution in [3.8, 4) is 0 Å². The van der Waals surface area contributed by atoms with Crippen molar-refractivity contribution in [2.24, 2.45) is 0 Å². The van der Waals surface area contributed by atoms with Crippen LogP contribution in [0.3, 0.4) is 0 Å². The van der Waals surface area contributed by atoms with E-state index < -0.39 is 18.8 Å². The number of rotatable bonds is 5. The number of likely N-dealkylation sites (tertiary alicyclic amines) is 1. The van der Waals surface area contributed by atoms with Gasteiger partial charge in [0.2, 0.25) is 5.91 Å². The van der Waals surface area contributed by atoms with E-state index in [-0.39, 0.29) is 24.2 Å². The number of hydrogen-bond acceptors (Lipinski definition) is 4. The number of nitrogens with zero attached hydrogens (tertiary/aromatic N) is 4. The molecule has 2 heterocycles. The van der Waals surface area contributed by atoms with Crippen LogP contribution in [-0.2, 0) is 11.3 Å². The summed E-state index contributed by atoms with van der Waals surface area (Å²) in [5.74, 6) is -0.405. The molecule has 0 bridgehead atoms. The van der Waals surface area contributed by atoms with Crippen LogP contribution < -0.4 is 0 Å². The third-order valence-corrected chi connectivity index (χ3v) is 4.24. The van der Waals surface area contributed by atoms with Crippen LogP contribution in [0, 0.1) is 0 Å². The first-order valence-electron chi connectivity index (χ1n) is 7.87. The first-order valence-corrected chi connectivity index (χ1v) is 7.87. The van der Waals surface area contributed by atoms with Gasteiger partial charge in [-0.2, -0.15) is 13.2 Å². The maximum Gasteiger partial charge on any atom is 0.406 e. The van der Waals surface area contributed by atoms with Gasteiger partial charge in [-0.15, -0.1) is 0 Å². The molecule has 136 valence electrons. The van der Waals surface area contributed by atoms with Gasteiger partial charge in [0.15, 0.2) is 0 Å². The summed E-state index contributed by atoms with van der Waals surface area (Å²) in [5, 5.41) is 10.2. The second-order valence-corrected chi connectivity index (χ2v) is 6.35. The molecule has 0 aliphatic carbocycles. The molecule has 1 aromatic rings. The van der Waals surface area contributed by atoms with E-state index in [2.05, 4.69) is 4.98 Å². The number of aliphatic hydroxyl groups excluding tert-OH is 1. The van der Waals surface area contributed by atoms with Crippen LogP contribution >= 0.6 is 0 Å². The lowest BCUT2D eigenvalue weighted by atomic mass is 10.0. The number of halogens is 3. The predicted octanol–water partition coefficient (Wildman–Crippen LogP) is 1.42. The molecule has 0 spiro atoms. The van der Waals surface area contributed by atoms with Crippen molar-refractivity contribution in [3.05, 3.63) is 18.2 Å². The Kier molecular flexibility index (Phi) is 5.87. The van der Waals surface area contributed by atoms with Crippen molar-refractivity contribution in [1.29, 1.82) is 0 Å². The minimum Gasteiger partial charge on any atom is -0.385 e. The standard InChI is InChI=1S/C15H23F3N4O2/c1-20(2)11-4-3-6-21(9-11)13(24)8-12(23)14-19-5-7-22(14)10-15(16,17)18/h5,7,11-12,23H,3-4,6,8-10H2,1-2H3/t11-,12?/m0/s1. The summed E-state index contributed by atoms with van der Waals surface area (Å²) in [7, 11) is 3.89. The minimum absolute atomic E-state index is 0.137. The SMILES string of the molecule is CN(C)[C@H]1CCCN(C(=O)CC(O)c2nccn2CC(F)(F)F)C1. The highest BCUT2D eigenvalue weighted by molar-refractivity contribution is 5.77. The third kappa shape index (κ3) is 4.94. The first kappa shape index (κ1) is 18.7. The summed E-state index contributed by atoms with van der Waals surface area (Å²) in [4.78, 5) is 19.8. The van der Waals surface area contributed by atoms with Gasteiger partial charge in [-0.3, -0.25) is 4.79 Å². The van der Waals surface area contributed by atoms with E-state index in [0.717, 1.165) is 23.6 Å². The lowest BCUT2D eigenvalue weighted by Crippen LogP contribution is -2.47. The Labute approximate surface area is 138 Å². The van der Waals surface area contributed by atoms with E-state index in [0.29, 0.717) is 13.1 Å². The summed E-state index contributed by atoms with van der Waals surface area (Å²) in [6.07, 6.45) is -1.82. The van der Waals surface area contributed by atoms with Gasteiger partial charge in [-0.1, -0.05) is 0 Å². The van der Waals surface area contributed by atoms with Gasteiger partial charge in [0.25, 0.3) is 0 Å². The number of hydrogen-bond donors (Lipinski definition) is 1. The number of piperidine rings is 1. The second kappa shape index (κ2) is 7.52. The summed E-state index contributed by atoms with van der Waals surface area (Å²) >= 11 is 0. The van der Waals surface area contributed by atoms with Crippen LogP contribution in [0.4, 0.5) is 13.2 Å². The largest absolute Gasteiger partial charge is 0.406 e. The van der Waals surface area contributed by atoms with E-state index in [9.17, 15) is 23.1 Å². The predicted molar refractivity (Wildman–Crippen MR) is 81.1 cm³/mol. The monoisotopic (exact) mass is 348 g/mol. The molecule has 1 amide bonds. The Hall–Kier alpha value is -1.61. The summed E-state index contributed by atoms with van der Waals surface area (Å²) in [6, 6.07) is 0.257. The molecule has 1 fully saturated rings. The van der Waals surface area contributed by atoms with Crippen LogP contribution in [0.5, 0.6) is 0 Å². The fourth-order valence-corrected chi connectivity index (χ4v) is 2.93. The van der Waals surface area contributed by atoms with Crippen LogP contribution in [0.25, 0.3) is 0 Å². The molecule has 1 N–H and O–H groups in total. The zero-order valence-corrected chi connectivity index (χ0v) is 13.8. The number of alkyl halides is 3. The molecule has 2 atom stereocenters. The Morgan fingerprint density at radius 2 is 2.21 bits per heavy atom. The lowest BCUT2D eigenvalue weighted by molar-refractivity contribution is -0.141. The fourth-order valence-electron chi connectivity index (χ4n) is 2.93. The van der Waals surface area contributed by atoms with Crippen LogP contribution in [0.2, 0.25) is 0 Å². The molecule has 6 nitrogen and oxygen atoms in total.